The zero-order valence-corrected chi connectivity index (χ0v) is 16.3. The van der Waals surface area contributed by atoms with Crippen LogP contribution in [0.5, 0.6) is 0 Å². The lowest BCUT2D eigenvalue weighted by Crippen LogP contribution is -2.39. The third kappa shape index (κ3) is 3.80. The topological polar surface area (TPSA) is 76.3 Å². The van der Waals surface area contributed by atoms with Crippen molar-refractivity contribution in [2.75, 3.05) is 13.1 Å². The Morgan fingerprint density at radius 2 is 2.00 bits per heavy atom. The highest BCUT2D eigenvalue weighted by molar-refractivity contribution is 7.89. The maximum Gasteiger partial charge on any atom is 0.243 e. The molecule has 0 radical (unpaired) electrons. The highest BCUT2D eigenvalue weighted by Gasteiger charge is 2.33. The first-order valence-electron chi connectivity index (χ1n) is 8.79. The van der Waals surface area contributed by atoms with Crippen molar-refractivity contribution < 1.29 is 17.3 Å². The predicted molar refractivity (Wildman–Crippen MR) is 102 cm³/mol. The molecular weight excluding hydrogens is 405 g/mol. The van der Waals surface area contributed by atoms with Gasteiger partial charge in [0.05, 0.1) is 10.8 Å². The lowest BCUT2D eigenvalue weighted by Gasteiger charge is -2.30. The minimum Gasteiger partial charge on any atom is -0.339 e. The van der Waals surface area contributed by atoms with Crippen LogP contribution in [-0.2, 0) is 10.0 Å². The molecule has 0 amide bonds. The third-order valence-electron chi connectivity index (χ3n) is 4.69. The fourth-order valence-corrected chi connectivity index (χ4v) is 5.11. The molecule has 4 rings (SSSR count). The van der Waals surface area contributed by atoms with Crippen LogP contribution in [0.1, 0.15) is 24.7 Å². The summed E-state index contributed by atoms with van der Waals surface area (Å²) in [5.41, 5.74) is 0.509. The van der Waals surface area contributed by atoms with E-state index in [2.05, 4.69) is 10.1 Å². The molecule has 2 heterocycles. The lowest BCUT2D eigenvalue weighted by molar-refractivity contribution is 0.265. The van der Waals surface area contributed by atoms with E-state index >= 15 is 0 Å². The Balaban J connectivity index is 1.56. The Kier molecular flexibility index (Phi) is 5.18. The molecule has 1 aromatic heterocycles. The minimum atomic E-state index is -3.67. The number of aromatic nitrogens is 2. The van der Waals surface area contributed by atoms with E-state index in [0.29, 0.717) is 29.4 Å². The van der Waals surface area contributed by atoms with E-state index in [1.807, 2.05) is 0 Å². The van der Waals surface area contributed by atoms with Gasteiger partial charge in [-0.05, 0) is 43.2 Å². The van der Waals surface area contributed by atoms with Crippen molar-refractivity contribution >= 4 is 21.6 Å². The number of hydrogen-bond donors (Lipinski definition) is 0. The normalized spacial score (nSPS) is 18.3. The molecule has 1 aliphatic heterocycles. The molecule has 0 N–H and O–H groups in total. The Labute approximate surface area is 167 Å². The van der Waals surface area contributed by atoms with Crippen LogP contribution in [0.2, 0.25) is 5.02 Å². The van der Waals surface area contributed by atoms with Crippen molar-refractivity contribution in [3.8, 4) is 11.4 Å². The molecule has 1 unspecified atom stereocenters. The van der Waals surface area contributed by atoms with Crippen LogP contribution >= 0.6 is 11.6 Å². The fraction of sp³-hybridized carbons (Fsp3) is 0.263. The van der Waals surface area contributed by atoms with Crippen LogP contribution in [0, 0.1) is 5.82 Å². The molecule has 1 fully saturated rings. The van der Waals surface area contributed by atoms with E-state index in [1.165, 1.54) is 28.6 Å². The highest BCUT2D eigenvalue weighted by atomic mass is 35.5. The van der Waals surface area contributed by atoms with Gasteiger partial charge in [-0.15, -0.1) is 0 Å². The Hall–Kier alpha value is -2.29. The molecule has 1 atom stereocenters. The monoisotopic (exact) mass is 421 g/mol. The second-order valence-electron chi connectivity index (χ2n) is 6.63. The van der Waals surface area contributed by atoms with Crippen molar-refractivity contribution in [1.29, 1.82) is 0 Å². The largest absolute Gasteiger partial charge is 0.339 e. The molecule has 146 valence electrons. The van der Waals surface area contributed by atoms with E-state index in [4.69, 9.17) is 16.1 Å². The molecule has 0 spiro atoms. The van der Waals surface area contributed by atoms with E-state index in [-0.39, 0.29) is 29.0 Å². The van der Waals surface area contributed by atoms with Gasteiger partial charge in [0.25, 0.3) is 0 Å². The number of benzene rings is 2. The maximum atomic E-state index is 13.4. The summed E-state index contributed by atoms with van der Waals surface area (Å²) in [6.45, 7) is 0.649. The molecular formula is C19H17ClFN3O3S. The van der Waals surface area contributed by atoms with Crippen molar-refractivity contribution in [3.63, 3.8) is 0 Å². The first-order chi connectivity index (χ1) is 13.4. The second-order valence-corrected chi connectivity index (χ2v) is 9.00. The third-order valence-corrected chi connectivity index (χ3v) is 6.79. The first kappa shape index (κ1) is 19.0. The van der Waals surface area contributed by atoms with Gasteiger partial charge >= 0.3 is 0 Å². The summed E-state index contributed by atoms with van der Waals surface area (Å²) in [4.78, 5) is 4.52. The van der Waals surface area contributed by atoms with Gasteiger partial charge in [-0.3, -0.25) is 0 Å². The molecule has 2 aromatic carbocycles. The highest BCUT2D eigenvalue weighted by Crippen LogP contribution is 2.31. The van der Waals surface area contributed by atoms with Gasteiger partial charge in [-0.2, -0.15) is 9.29 Å². The number of nitrogens with zero attached hydrogens (tertiary/aromatic N) is 3. The van der Waals surface area contributed by atoms with E-state index in [9.17, 15) is 12.8 Å². The van der Waals surface area contributed by atoms with Crippen molar-refractivity contribution in [1.82, 2.24) is 14.4 Å². The quantitative estimate of drug-likeness (QED) is 0.634. The van der Waals surface area contributed by atoms with E-state index < -0.39 is 10.0 Å². The SMILES string of the molecule is O=S(=O)(c1cccc(Cl)c1)N1CCCC(c2nc(-c3cccc(F)c3)no2)C1. The average molecular weight is 422 g/mol. The van der Waals surface area contributed by atoms with Crippen LogP contribution in [0.25, 0.3) is 11.4 Å². The molecule has 0 bridgehead atoms. The molecule has 1 saturated heterocycles. The van der Waals surface area contributed by atoms with Crippen LogP contribution in [0.4, 0.5) is 4.39 Å². The summed E-state index contributed by atoms with van der Waals surface area (Å²) in [7, 11) is -3.67. The summed E-state index contributed by atoms with van der Waals surface area (Å²) >= 11 is 5.94. The second kappa shape index (κ2) is 7.62. The summed E-state index contributed by atoms with van der Waals surface area (Å²) in [6, 6.07) is 12.1. The molecule has 0 saturated carbocycles. The number of piperidine rings is 1. The Morgan fingerprint density at radius 3 is 2.79 bits per heavy atom. The standard InChI is InChI=1S/C19H17ClFN3O3S/c20-15-6-2-8-17(11-15)28(25,26)24-9-3-5-14(12-24)19-22-18(23-27-19)13-4-1-7-16(21)10-13/h1-2,4,6-8,10-11,14H,3,5,9,12H2. The van der Waals surface area contributed by atoms with Gasteiger partial charge in [0, 0.05) is 23.7 Å². The molecule has 9 heteroatoms. The van der Waals surface area contributed by atoms with Gasteiger partial charge in [0.1, 0.15) is 5.82 Å². The predicted octanol–water partition coefficient (Wildman–Crippen LogP) is 4.10. The number of hydrogen-bond acceptors (Lipinski definition) is 5. The van der Waals surface area contributed by atoms with Gasteiger partial charge in [0.15, 0.2) is 0 Å². The van der Waals surface area contributed by atoms with Gasteiger partial charge < -0.3 is 4.52 Å². The van der Waals surface area contributed by atoms with Crippen LogP contribution in [0.3, 0.4) is 0 Å². The maximum absolute atomic E-state index is 13.4. The molecule has 3 aromatic rings. The van der Waals surface area contributed by atoms with Crippen LogP contribution < -0.4 is 0 Å². The van der Waals surface area contributed by atoms with E-state index in [1.54, 1.807) is 24.3 Å². The first-order valence-corrected chi connectivity index (χ1v) is 10.6. The summed E-state index contributed by atoms with van der Waals surface area (Å²) in [5, 5.41) is 4.29. The van der Waals surface area contributed by atoms with E-state index in [0.717, 1.165) is 6.42 Å². The van der Waals surface area contributed by atoms with Crippen LogP contribution in [0.15, 0.2) is 57.9 Å². The zero-order chi connectivity index (χ0) is 19.7. The molecule has 6 nitrogen and oxygen atoms in total. The molecule has 0 aliphatic carbocycles. The average Bonchev–Trinajstić information content (AvgIpc) is 3.18. The minimum absolute atomic E-state index is 0.159. The van der Waals surface area contributed by atoms with Gasteiger partial charge in [-0.25, -0.2) is 12.8 Å². The summed E-state index contributed by atoms with van der Waals surface area (Å²) < 4.78 is 46.1. The van der Waals surface area contributed by atoms with Gasteiger partial charge in [-0.1, -0.05) is 35.0 Å². The van der Waals surface area contributed by atoms with Crippen molar-refractivity contribution in [2.45, 2.75) is 23.7 Å². The zero-order valence-electron chi connectivity index (χ0n) is 14.8. The summed E-state index contributed by atoms with van der Waals surface area (Å²) in [5.74, 6) is 0.0207. The smallest absolute Gasteiger partial charge is 0.243 e. The Morgan fingerprint density at radius 1 is 1.18 bits per heavy atom. The number of halogens is 2. The van der Waals surface area contributed by atoms with Crippen molar-refractivity contribution in [2.24, 2.45) is 0 Å². The molecule has 28 heavy (non-hydrogen) atoms. The Bertz CT molecular complexity index is 1100. The number of sulfonamides is 1. The fourth-order valence-electron chi connectivity index (χ4n) is 3.28. The lowest BCUT2D eigenvalue weighted by atomic mass is 10.00. The van der Waals surface area contributed by atoms with Crippen LogP contribution in [-0.4, -0.2) is 36.0 Å². The van der Waals surface area contributed by atoms with Crippen molar-refractivity contribution in [3.05, 3.63) is 65.3 Å². The number of rotatable bonds is 4. The summed E-state index contributed by atoms with van der Waals surface area (Å²) in [6.07, 6.45) is 1.40. The molecule has 1 aliphatic rings. The van der Waals surface area contributed by atoms with Gasteiger partial charge in [0.2, 0.25) is 21.7 Å².